The molecule has 1 atom stereocenters. The van der Waals surface area contributed by atoms with E-state index >= 15 is 0 Å². The van der Waals surface area contributed by atoms with Crippen LogP contribution in [0, 0.1) is 0 Å². The van der Waals surface area contributed by atoms with Crippen LogP contribution in [-0.4, -0.2) is 7.11 Å². The zero-order valence-corrected chi connectivity index (χ0v) is 12.5. The van der Waals surface area contributed by atoms with E-state index in [0.717, 1.165) is 21.1 Å². The highest BCUT2D eigenvalue weighted by Crippen LogP contribution is 2.38. The third kappa shape index (κ3) is 3.44. The third-order valence-corrected chi connectivity index (χ3v) is 4.33. The van der Waals surface area contributed by atoms with E-state index in [4.69, 9.17) is 22.1 Å². The van der Waals surface area contributed by atoms with Crippen LogP contribution >= 0.6 is 23.4 Å². The van der Waals surface area contributed by atoms with Gasteiger partial charge in [-0.3, -0.25) is 0 Å². The molecule has 2 N–H and O–H groups in total. The average molecular weight is 294 g/mol. The van der Waals surface area contributed by atoms with E-state index in [-0.39, 0.29) is 6.04 Å². The first-order valence-electron chi connectivity index (χ1n) is 5.97. The molecule has 4 heteroatoms. The number of rotatable bonds is 4. The summed E-state index contributed by atoms with van der Waals surface area (Å²) >= 11 is 7.89. The number of hydrogen-bond donors (Lipinski definition) is 1. The molecule has 2 rings (SSSR count). The van der Waals surface area contributed by atoms with E-state index in [2.05, 4.69) is 0 Å². The Kier molecular flexibility index (Phi) is 4.75. The normalized spacial score (nSPS) is 12.2. The minimum Gasteiger partial charge on any atom is -0.496 e. The Morgan fingerprint density at radius 3 is 2.53 bits per heavy atom. The standard InChI is InChI=1S/C15H16ClNOS/c1-10(17)11-7-8-14(12(16)9-11)19-15-6-4-3-5-13(15)18-2/h3-10H,17H2,1-2H3/t10-/m0/s1. The molecule has 0 radical (unpaired) electrons. The van der Waals surface area contributed by atoms with Crippen molar-refractivity contribution in [2.45, 2.75) is 22.8 Å². The molecule has 0 heterocycles. The van der Waals surface area contributed by atoms with Crippen molar-refractivity contribution in [3.8, 4) is 5.75 Å². The Labute approximate surface area is 122 Å². The first-order chi connectivity index (χ1) is 9.11. The first kappa shape index (κ1) is 14.3. The fraction of sp³-hybridized carbons (Fsp3) is 0.200. The van der Waals surface area contributed by atoms with Gasteiger partial charge in [0, 0.05) is 10.9 Å². The van der Waals surface area contributed by atoms with E-state index in [0.29, 0.717) is 5.02 Å². The topological polar surface area (TPSA) is 35.2 Å². The molecule has 0 fully saturated rings. The van der Waals surface area contributed by atoms with Gasteiger partial charge in [0.15, 0.2) is 0 Å². The maximum Gasteiger partial charge on any atom is 0.132 e. The minimum atomic E-state index is -0.0113. The molecule has 2 aromatic carbocycles. The molecule has 0 aromatic heterocycles. The predicted octanol–water partition coefficient (Wildman–Crippen LogP) is 4.52. The predicted molar refractivity (Wildman–Crippen MR) is 81.2 cm³/mol. The number of para-hydroxylation sites is 1. The Bertz CT molecular complexity index is 572. The number of halogens is 1. The molecular weight excluding hydrogens is 278 g/mol. The van der Waals surface area contributed by atoms with Gasteiger partial charge < -0.3 is 10.5 Å². The van der Waals surface area contributed by atoms with E-state index < -0.39 is 0 Å². The first-order valence-corrected chi connectivity index (χ1v) is 7.17. The number of hydrogen-bond acceptors (Lipinski definition) is 3. The number of methoxy groups -OCH3 is 1. The van der Waals surface area contributed by atoms with Crippen molar-refractivity contribution in [2.75, 3.05) is 7.11 Å². The molecule has 0 amide bonds. The lowest BCUT2D eigenvalue weighted by molar-refractivity contribution is 0.405. The molecule has 0 saturated heterocycles. The highest BCUT2D eigenvalue weighted by molar-refractivity contribution is 7.99. The van der Waals surface area contributed by atoms with Crippen LogP contribution in [0.25, 0.3) is 0 Å². The molecule has 2 nitrogen and oxygen atoms in total. The highest BCUT2D eigenvalue weighted by Gasteiger charge is 2.09. The fourth-order valence-electron chi connectivity index (χ4n) is 1.70. The smallest absolute Gasteiger partial charge is 0.132 e. The number of ether oxygens (including phenoxy) is 1. The van der Waals surface area contributed by atoms with Gasteiger partial charge >= 0.3 is 0 Å². The lowest BCUT2D eigenvalue weighted by Gasteiger charge is -2.11. The van der Waals surface area contributed by atoms with Gasteiger partial charge in [-0.25, -0.2) is 0 Å². The summed E-state index contributed by atoms with van der Waals surface area (Å²) in [5.74, 6) is 0.847. The quantitative estimate of drug-likeness (QED) is 0.900. The second-order valence-corrected chi connectivity index (χ2v) is 5.72. The van der Waals surface area contributed by atoms with Crippen LogP contribution < -0.4 is 10.5 Å². The van der Waals surface area contributed by atoms with Gasteiger partial charge in [-0.15, -0.1) is 0 Å². The Hall–Kier alpha value is -1.16. The molecule has 19 heavy (non-hydrogen) atoms. The van der Waals surface area contributed by atoms with Gasteiger partial charge in [-0.1, -0.05) is 41.6 Å². The molecule has 100 valence electrons. The lowest BCUT2D eigenvalue weighted by atomic mass is 10.1. The Morgan fingerprint density at radius 2 is 1.89 bits per heavy atom. The third-order valence-electron chi connectivity index (χ3n) is 2.77. The van der Waals surface area contributed by atoms with Crippen LogP contribution in [0.15, 0.2) is 52.3 Å². The Balaban J connectivity index is 2.28. The highest BCUT2D eigenvalue weighted by atomic mass is 35.5. The molecule has 0 bridgehead atoms. The van der Waals surface area contributed by atoms with E-state index in [9.17, 15) is 0 Å². The summed E-state index contributed by atoms with van der Waals surface area (Å²) in [5, 5.41) is 0.714. The van der Waals surface area contributed by atoms with Gasteiger partial charge in [0.2, 0.25) is 0 Å². The van der Waals surface area contributed by atoms with Gasteiger partial charge in [-0.2, -0.15) is 0 Å². The maximum atomic E-state index is 6.30. The molecule has 0 saturated carbocycles. The monoisotopic (exact) mass is 293 g/mol. The largest absolute Gasteiger partial charge is 0.496 e. The van der Waals surface area contributed by atoms with Crippen molar-refractivity contribution >= 4 is 23.4 Å². The van der Waals surface area contributed by atoms with Crippen LogP contribution in [0.2, 0.25) is 5.02 Å². The SMILES string of the molecule is COc1ccccc1Sc1ccc([C@H](C)N)cc1Cl. The van der Waals surface area contributed by atoms with Crippen LogP contribution in [-0.2, 0) is 0 Å². The average Bonchev–Trinajstić information content (AvgIpc) is 2.41. The van der Waals surface area contributed by atoms with Crippen molar-refractivity contribution in [2.24, 2.45) is 5.73 Å². The second-order valence-electron chi connectivity index (χ2n) is 4.23. The van der Waals surface area contributed by atoms with Gasteiger partial charge in [0.25, 0.3) is 0 Å². The molecular formula is C15H16ClNOS. The van der Waals surface area contributed by atoms with Crippen molar-refractivity contribution in [3.05, 3.63) is 53.1 Å². The van der Waals surface area contributed by atoms with E-state index in [1.54, 1.807) is 18.9 Å². The summed E-state index contributed by atoms with van der Waals surface area (Å²) in [7, 11) is 1.67. The minimum absolute atomic E-state index is 0.0113. The zero-order valence-electron chi connectivity index (χ0n) is 10.9. The van der Waals surface area contributed by atoms with Crippen molar-refractivity contribution in [3.63, 3.8) is 0 Å². The fourth-order valence-corrected chi connectivity index (χ4v) is 2.94. The van der Waals surface area contributed by atoms with Crippen molar-refractivity contribution in [1.82, 2.24) is 0 Å². The van der Waals surface area contributed by atoms with Gasteiger partial charge in [-0.05, 0) is 36.8 Å². The molecule has 2 aromatic rings. The maximum absolute atomic E-state index is 6.30. The summed E-state index contributed by atoms with van der Waals surface area (Å²) in [6.45, 7) is 1.94. The molecule has 0 unspecified atom stereocenters. The van der Waals surface area contributed by atoms with Crippen LogP contribution in [0.3, 0.4) is 0 Å². The molecule has 0 aliphatic heterocycles. The summed E-state index contributed by atoms with van der Waals surface area (Å²) in [5.41, 5.74) is 6.88. The van der Waals surface area contributed by atoms with Crippen LogP contribution in [0.1, 0.15) is 18.5 Å². The van der Waals surface area contributed by atoms with Crippen LogP contribution in [0.4, 0.5) is 0 Å². The van der Waals surface area contributed by atoms with Crippen molar-refractivity contribution < 1.29 is 4.74 Å². The molecule has 0 spiro atoms. The zero-order chi connectivity index (χ0) is 13.8. The summed E-state index contributed by atoms with van der Waals surface area (Å²) in [4.78, 5) is 2.04. The summed E-state index contributed by atoms with van der Waals surface area (Å²) in [6, 6.07) is 13.8. The number of nitrogens with two attached hydrogens (primary N) is 1. The second kappa shape index (κ2) is 6.33. The van der Waals surface area contributed by atoms with E-state index in [1.807, 2.05) is 49.4 Å². The summed E-state index contributed by atoms with van der Waals surface area (Å²) < 4.78 is 5.34. The van der Waals surface area contributed by atoms with Crippen LogP contribution in [0.5, 0.6) is 5.75 Å². The molecule has 0 aliphatic rings. The van der Waals surface area contributed by atoms with Crippen molar-refractivity contribution in [1.29, 1.82) is 0 Å². The van der Waals surface area contributed by atoms with Gasteiger partial charge in [0.1, 0.15) is 5.75 Å². The number of benzene rings is 2. The lowest BCUT2D eigenvalue weighted by Crippen LogP contribution is -2.04. The van der Waals surface area contributed by atoms with E-state index in [1.165, 1.54) is 0 Å². The molecule has 0 aliphatic carbocycles. The Morgan fingerprint density at radius 1 is 1.16 bits per heavy atom. The summed E-state index contributed by atoms with van der Waals surface area (Å²) in [6.07, 6.45) is 0. The van der Waals surface area contributed by atoms with Gasteiger partial charge in [0.05, 0.1) is 17.0 Å².